The second kappa shape index (κ2) is 7.00. The lowest BCUT2D eigenvalue weighted by Crippen LogP contribution is -2.48. The molecule has 138 valence electrons. The Bertz CT molecular complexity index is 812. The van der Waals surface area contributed by atoms with E-state index < -0.39 is 0 Å². The van der Waals surface area contributed by atoms with Crippen molar-refractivity contribution >= 4 is 17.4 Å². The van der Waals surface area contributed by atoms with E-state index in [4.69, 9.17) is 16.3 Å². The van der Waals surface area contributed by atoms with Gasteiger partial charge in [0.05, 0.1) is 19.3 Å². The van der Waals surface area contributed by atoms with Crippen LogP contribution in [0.15, 0.2) is 24.4 Å². The molecule has 1 saturated carbocycles. The highest BCUT2D eigenvalue weighted by atomic mass is 35.5. The predicted molar refractivity (Wildman–Crippen MR) is 98.7 cm³/mol. The smallest absolute Gasteiger partial charge is 0.185 e. The van der Waals surface area contributed by atoms with Crippen molar-refractivity contribution < 1.29 is 9.53 Å². The van der Waals surface area contributed by atoms with Gasteiger partial charge in [-0.15, -0.1) is 5.10 Å². The maximum atomic E-state index is 12.4. The highest BCUT2D eigenvalue weighted by molar-refractivity contribution is 6.30. The number of halogens is 1. The number of Topliss-reactive ketones (excluding diaryl/α,β-unsaturated/α-hetero) is 1. The van der Waals surface area contributed by atoms with Gasteiger partial charge in [-0.1, -0.05) is 16.8 Å². The lowest BCUT2D eigenvalue weighted by molar-refractivity contribution is 0.0494. The largest absolute Gasteiger partial charge is 0.496 e. The SMILES string of the molecule is COc1ccc(Cl)cc1C(C)N1CC(CC(=O)c2cn(C3CC3)nn2)C1. The minimum absolute atomic E-state index is 0.0922. The van der Waals surface area contributed by atoms with E-state index in [1.807, 2.05) is 22.9 Å². The van der Waals surface area contributed by atoms with Crippen molar-refractivity contribution in [3.05, 3.63) is 40.7 Å². The van der Waals surface area contributed by atoms with E-state index in [9.17, 15) is 4.79 Å². The number of hydrogen-bond donors (Lipinski definition) is 0. The highest BCUT2D eigenvalue weighted by Gasteiger charge is 2.34. The van der Waals surface area contributed by atoms with Crippen LogP contribution in [0.5, 0.6) is 5.75 Å². The number of hydrogen-bond acceptors (Lipinski definition) is 5. The average Bonchev–Trinajstić information content (AvgIpc) is 3.33. The molecule has 1 saturated heterocycles. The Balaban J connectivity index is 1.33. The Hall–Kier alpha value is -1.92. The average molecular weight is 375 g/mol. The molecule has 0 amide bonds. The summed E-state index contributed by atoms with van der Waals surface area (Å²) in [6.45, 7) is 3.92. The van der Waals surface area contributed by atoms with Crippen LogP contribution in [-0.4, -0.2) is 45.9 Å². The molecule has 1 aromatic carbocycles. The number of ketones is 1. The zero-order chi connectivity index (χ0) is 18.3. The van der Waals surface area contributed by atoms with Crippen LogP contribution in [-0.2, 0) is 0 Å². The monoisotopic (exact) mass is 374 g/mol. The van der Waals surface area contributed by atoms with Gasteiger partial charge in [-0.25, -0.2) is 4.68 Å². The predicted octanol–water partition coefficient (Wildman–Crippen LogP) is 3.54. The number of carbonyl (C=O) groups excluding carboxylic acids is 1. The number of ether oxygens (including phenoxy) is 1. The molecule has 4 rings (SSSR count). The first-order valence-electron chi connectivity index (χ1n) is 9.07. The fraction of sp³-hybridized carbons (Fsp3) is 0.526. The van der Waals surface area contributed by atoms with E-state index in [0.717, 1.165) is 37.2 Å². The van der Waals surface area contributed by atoms with E-state index in [0.29, 0.717) is 29.1 Å². The molecule has 2 aromatic rings. The Morgan fingerprint density at radius 3 is 2.85 bits per heavy atom. The Kier molecular flexibility index (Phi) is 4.71. The summed E-state index contributed by atoms with van der Waals surface area (Å²) in [6.07, 6.45) is 4.61. The molecule has 1 atom stereocenters. The summed E-state index contributed by atoms with van der Waals surface area (Å²) in [5.41, 5.74) is 1.58. The maximum Gasteiger partial charge on any atom is 0.185 e. The summed E-state index contributed by atoms with van der Waals surface area (Å²) >= 11 is 6.14. The van der Waals surface area contributed by atoms with Crippen LogP contribution < -0.4 is 4.74 Å². The van der Waals surface area contributed by atoms with Crippen molar-refractivity contribution in [1.29, 1.82) is 0 Å². The van der Waals surface area contributed by atoms with E-state index in [1.54, 1.807) is 13.3 Å². The lowest BCUT2D eigenvalue weighted by Gasteiger charge is -2.43. The topological polar surface area (TPSA) is 60.2 Å². The molecule has 26 heavy (non-hydrogen) atoms. The zero-order valence-corrected chi connectivity index (χ0v) is 15.8. The molecule has 7 heteroatoms. The number of benzene rings is 1. The van der Waals surface area contributed by atoms with Crippen LogP contribution in [0.1, 0.15) is 54.3 Å². The van der Waals surface area contributed by atoms with Gasteiger partial charge in [-0.05, 0) is 43.9 Å². The van der Waals surface area contributed by atoms with Crippen molar-refractivity contribution in [3.63, 3.8) is 0 Å². The number of likely N-dealkylation sites (tertiary alicyclic amines) is 1. The van der Waals surface area contributed by atoms with Crippen molar-refractivity contribution in [2.75, 3.05) is 20.2 Å². The summed E-state index contributed by atoms with van der Waals surface area (Å²) in [6, 6.07) is 6.35. The first-order valence-corrected chi connectivity index (χ1v) is 9.45. The van der Waals surface area contributed by atoms with Gasteiger partial charge in [0.15, 0.2) is 5.78 Å². The first kappa shape index (κ1) is 17.5. The summed E-state index contributed by atoms with van der Waals surface area (Å²) < 4.78 is 7.29. The van der Waals surface area contributed by atoms with Gasteiger partial charge in [0.25, 0.3) is 0 Å². The molecule has 0 radical (unpaired) electrons. The van der Waals surface area contributed by atoms with Gasteiger partial charge >= 0.3 is 0 Å². The first-order chi connectivity index (χ1) is 12.5. The molecule has 0 N–H and O–H groups in total. The van der Waals surface area contributed by atoms with Gasteiger partial charge in [0.2, 0.25) is 0 Å². The number of aromatic nitrogens is 3. The van der Waals surface area contributed by atoms with Gasteiger partial charge in [0, 0.05) is 36.1 Å². The summed E-state index contributed by atoms with van der Waals surface area (Å²) in [4.78, 5) is 14.8. The third-order valence-electron chi connectivity index (χ3n) is 5.37. The van der Waals surface area contributed by atoms with Crippen LogP contribution >= 0.6 is 11.6 Å². The second-order valence-corrected chi connectivity index (χ2v) is 7.76. The summed E-state index contributed by atoms with van der Waals surface area (Å²) in [7, 11) is 1.67. The molecular formula is C19H23ClN4O2. The minimum atomic E-state index is 0.0922. The molecule has 0 spiro atoms. The number of carbonyl (C=O) groups is 1. The highest BCUT2D eigenvalue weighted by Crippen LogP contribution is 2.36. The molecule has 2 heterocycles. The van der Waals surface area contributed by atoms with E-state index in [1.165, 1.54) is 0 Å². The maximum absolute atomic E-state index is 12.4. The Morgan fingerprint density at radius 2 is 2.15 bits per heavy atom. The van der Waals surface area contributed by atoms with Crippen molar-refractivity contribution in [3.8, 4) is 5.75 Å². The molecule has 1 aromatic heterocycles. The number of methoxy groups -OCH3 is 1. The lowest BCUT2D eigenvalue weighted by atomic mass is 9.90. The van der Waals surface area contributed by atoms with Crippen molar-refractivity contribution in [1.82, 2.24) is 19.9 Å². The van der Waals surface area contributed by atoms with Crippen LogP contribution in [0.2, 0.25) is 5.02 Å². The van der Waals surface area contributed by atoms with Crippen LogP contribution in [0.3, 0.4) is 0 Å². The molecule has 1 unspecified atom stereocenters. The molecule has 2 fully saturated rings. The van der Waals surface area contributed by atoms with Gasteiger partial charge < -0.3 is 4.74 Å². The molecule has 6 nitrogen and oxygen atoms in total. The van der Waals surface area contributed by atoms with Crippen molar-refractivity contribution in [2.24, 2.45) is 5.92 Å². The van der Waals surface area contributed by atoms with Gasteiger partial charge in [-0.3, -0.25) is 9.69 Å². The number of nitrogens with zero attached hydrogens (tertiary/aromatic N) is 4. The van der Waals surface area contributed by atoms with E-state index >= 15 is 0 Å². The molecule has 1 aliphatic carbocycles. The molecule has 0 bridgehead atoms. The number of rotatable bonds is 7. The molecular weight excluding hydrogens is 352 g/mol. The zero-order valence-electron chi connectivity index (χ0n) is 15.1. The quantitative estimate of drug-likeness (QED) is 0.694. The Labute approximate surface area is 158 Å². The van der Waals surface area contributed by atoms with E-state index in [2.05, 4.69) is 22.1 Å². The van der Waals surface area contributed by atoms with Gasteiger partial charge in [0.1, 0.15) is 11.4 Å². The van der Waals surface area contributed by atoms with Crippen LogP contribution in [0.25, 0.3) is 0 Å². The standard InChI is InChI=1S/C19H23ClN4O2/c1-12(16-8-14(20)3-6-19(16)26-2)23-9-13(10-23)7-18(25)17-11-24(22-21-17)15-4-5-15/h3,6,8,11-13,15H,4-5,7,9-10H2,1-2H3. The summed E-state index contributed by atoms with van der Waals surface area (Å²) in [5, 5.41) is 8.82. The van der Waals surface area contributed by atoms with Crippen molar-refractivity contribution in [2.45, 2.75) is 38.3 Å². The fourth-order valence-electron chi connectivity index (χ4n) is 3.57. The summed E-state index contributed by atoms with van der Waals surface area (Å²) in [5.74, 6) is 1.30. The van der Waals surface area contributed by atoms with Crippen LogP contribution in [0.4, 0.5) is 0 Å². The van der Waals surface area contributed by atoms with Crippen LogP contribution in [0, 0.1) is 5.92 Å². The third kappa shape index (κ3) is 3.48. The van der Waals surface area contributed by atoms with Gasteiger partial charge in [-0.2, -0.15) is 0 Å². The Morgan fingerprint density at radius 1 is 1.38 bits per heavy atom. The molecule has 1 aliphatic heterocycles. The second-order valence-electron chi connectivity index (χ2n) is 7.32. The molecule has 2 aliphatic rings. The van der Waals surface area contributed by atoms with E-state index in [-0.39, 0.29) is 11.8 Å². The fourth-order valence-corrected chi connectivity index (χ4v) is 3.75. The normalized spacial score (nSPS) is 19.2. The minimum Gasteiger partial charge on any atom is -0.496 e. The third-order valence-corrected chi connectivity index (χ3v) is 5.60.